The van der Waals surface area contributed by atoms with Crippen LogP contribution in [0.2, 0.25) is 0 Å². The first-order valence-electron chi connectivity index (χ1n) is 4.76. The minimum absolute atomic E-state index is 0.0460. The van der Waals surface area contributed by atoms with Crippen molar-refractivity contribution in [3.05, 3.63) is 0 Å². The van der Waals surface area contributed by atoms with E-state index in [2.05, 4.69) is 9.64 Å². The van der Waals surface area contributed by atoms with Crippen LogP contribution in [0, 0.1) is 0 Å². The van der Waals surface area contributed by atoms with Gasteiger partial charge in [-0.3, -0.25) is 4.79 Å². The van der Waals surface area contributed by atoms with Gasteiger partial charge in [0.25, 0.3) is 0 Å². The van der Waals surface area contributed by atoms with Gasteiger partial charge in [-0.05, 0) is 7.05 Å². The van der Waals surface area contributed by atoms with Crippen LogP contribution in [-0.4, -0.2) is 56.9 Å². The lowest BCUT2D eigenvalue weighted by molar-refractivity contribution is -0.142. The van der Waals surface area contributed by atoms with E-state index in [1.165, 1.54) is 7.11 Å². The second-order valence-electron chi connectivity index (χ2n) is 3.62. The van der Waals surface area contributed by atoms with Crippen molar-refractivity contribution in [2.45, 2.75) is 18.6 Å². The van der Waals surface area contributed by atoms with Gasteiger partial charge in [0, 0.05) is 19.1 Å². The molecule has 1 heterocycles. The molecule has 2 unspecified atom stereocenters. The average Bonchev–Trinajstić information content (AvgIpc) is 2.45. The van der Waals surface area contributed by atoms with Crippen molar-refractivity contribution in [3.8, 4) is 0 Å². The van der Waals surface area contributed by atoms with Crippen LogP contribution in [0.3, 0.4) is 0 Å². The quantitative estimate of drug-likeness (QED) is 0.605. The molecular formula is C9H18N2O3. The van der Waals surface area contributed by atoms with Gasteiger partial charge in [0.2, 0.25) is 0 Å². The maximum atomic E-state index is 10.8. The molecule has 1 fully saturated rings. The number of nitrogens with two attached hydrogens (primary N) is 1. The number of likely N-dealkylation sites (N-methyl/N-ethyl adjacent to an activating group) is 1. The topological polar surface area (TPSA) is 64.8 Å². The molecule has 0 saturated carbocycles. The molecule has 1 rings (SSSR count). The van der Waals surface area contributed by atoms with Gasteiger partial charge in [-0.2, -0.15) is 0 Å². The molecule has 82 valence electrons. The maximum absolute atomic E-state index is 10.8. The van der Waals surface area contributed by atoms with E-state index in [0.29, 0.717) is 13.0 Å². The molecule has 2 atom stereocenters. The van der Waals surface area contributed by atoms with Gasteiger partial charge < -0.3 is 20.1 Å². The summed E-state index contributed by atoms with van der Waals surface area (Å²) in [5, 5.41) is 0. The highest BCUT2D eigenvalue weighted by molar-refractivity contribution is 5.69. The molecule has 1 saturated heterocycles. The van der Waals surface area contributed by atoms with Crippen LogP contribution in [0.5, 0.6) is 0 Å². The molecule has 0 radical (unpaired) electrons. The lowest BCUT2D eigenvalue weighted by atomic mass is 10.2. The lowest BCUT2D eigenvalue weighted by Crippen LogP contribution is -2.35. The summed E-state index contributed by atoms with van der Waals surface area (Å²) in [6, 6.07) is 0.0534. The van der Waals surface area contributed by atoms with E-state index in [4.69, 9.17) is 10.5 Å². The van der Waals surface area contributed by atoms with E-state index in [1.807, 2.05) is 7.05 Å². The van der Waals surface area contributed by atoms with Crippen molar-refractivity contribution in [1.82, 2.24) is 4.90 Å². The van der Waals surface area contributed by atoms with Gasteiger partial charge in [0.1, 0.15) is 0 Å². The van der Waals surface area contributed by atoms with Gasteiger partial charge in [-0.15, -0.1) is 0 Å². The van der Waals surface area contributed by atoms with E-state index in [0.717, 1.165) is 13.1 Å². The molecule has 0 bridgehead atoms. The highest BCUT2D eigenvalue weighted by Gasteiger charge is 2.28. The Kier molecular flexibility index (Phi) is 4.31. The summed E-state index contributed by atoms with van der Waals surface area (Å²) in [5.74, 6) is -0.245. The van der Waals surface area contributed by atoms with E-state index in [-0.39, 0.29) is 18.1 Å². The van der Waals surface area contributed by atoms with Crippen molar-refractivity contribution in [2.24, 2.45) is 5.73 Å². The molecule has 0 aromatic heterocycles. The molecule has 5 nitrogen and oxygen atoms in total. The monoisotopic (exact) mass is 202 g/mol. The van der Waals surface area contributed by atoms with Crippen molar-refractivity contribution in [3.63, 3.8) is 0 Å². The predicted octanol–water partition coefficient (Wildman–Crippen LogP) is -0.793. The summed E-state index contributed by atoms with van der Waals surface area (Å²) in [7, 11) is 3.38. The fraction of sp³-hybridized carbons (Fsp3) is 0.889. The number of nitrogens with zero attached hydrogens (tertiary/aromatic N) is 1. The van der Waals surface area contributed by atoms with Gasteiger partial charge in [-0.25, -0.2) is 0 Å². The van der Waals surface area contributed by atoms with Crippen LogP contribution in [0.15, 0.2) is 0 Å². The zero-order valence-electron chi connectivity index (χ0n) is 8.73. The minimum Gasteiger partial charge on any atom is -0.469 e. The fourth-order valence-electron chi connectivity index (χ4n) is 1.57. The molecule has 0 aromatic carbocycles. The summed E-state index contributed by atoms with van der Waals surface area (Å²) >= 11 is 0. The van der Waals surface area contributed by atoms with E-state index in [1.54, 1.807) is 0 Å². The first-order chi connectivity index (χ1) is 6.63. The zero-order chi connectivity index (χ0) is 10.6. The number of methoxy groups -OCH3 is 1. The van der Waals surface area contributed by atoms with Gasteiger partial charge in [0.05, 0.1) is 26.2 Å². The Morgan fingerprint density at radius 1 is 1.57 bits per heavy atom. The van der Waals surface area contributed by atoms with E-state index < -0.39 is 0 Å². The molecule has 5 heteroatoms. The normalized spacial score (nSPS) is 27.9. The molecule has 14 heavy (non-hydrogen) atoms. The second-order valence-corrected chi connectivity index (χ2v) is 3.62. The number of hydrogen-bond acceptors (Lipinski definition) is 5. The third-order valence-corrected chi connectivity index (χ3v) is 2.36. The van der Waals surface area contributed by atoms with Crippen molar-refractivity contribution in [1.29, 1.82) is 0 Å². The first-order valence-corrected chi connectivity index (χ1v) is 4.76. The summed E-state index contributed by atoms with van der Waals surface area (Å²) in [5.41, 5.74) is 5.84. The Hall–Kier alpha value is -0.650. The van der Waals surface area contributed by atoms with Crippen molar-refractivity contribution >= 4 is 5.97 Å². The molecule has 1 aliphatic rings. The summed E-state index contributed by atoms with van der Waals surface area (Å²) in [6.45, 7) is 2.07. The van der Waals surface area contributed by atoms with Gasteiger partial charge in [-0.1, -0.05) is 0 Å². The number of rotatable bonds is 4. The zero-order valence-corrected chi connectivity index (χ0v) is 8.73. The van der Waals surface area contributed by atoms with Crippen molar-refractivity contribution in [2.75, 3.05) is 33.9 Å². The van der Waals surface area contributed by atoms with Crippen molar-refractivity contribution < 1.29 is 14.3 Å². The molecule has 2 N–H and O–H groups in total. The van der Waals surface area contributed by atoms with Crippen LogP contribution < -0.4 is 5.73 Å². The summed E-state index contributed by atoms with van der Waals surface area (Å²) in [6.07, 6.45) is 0.341. The molecular weight excluding hydrogens is 184 g/mol. The number of ether oxygens (including phenoxy) is 2. The molecule has 0 aliphatic carbocycles. The SMILES string of the molecule is COC(=O)CCOC1CN(C)CC1N. The number of carbonyl (C=O) groups excluding carboxylic acids is 1. The third kappa shape index (κ3) is 3.25. The van der Waals surface area contributed by atoms with Crippen LogP contribution in [0.1, 0.15) is 6.42 Å². The Morgan fingerprint density at radius 2 is 2.29 bits per heavy atom. The van der Waals surface area contributed by atoms with Crippen LogP contribution in [0.25, 0.3) is 0 Å². The van der Waals surface area contributed by atoms with E-state index in [9.17, 15) is 4.79 Å². The predicted molar refractivity (Wildman–Crippen MR) is 51.8 cm³/mol. The third-order valence-electron chi connectivity index (χ3n) is 2.36. The minimum atomic E-state index is -0.245. The number of likely N-dealkylation sites (tertiary alicyclic amines) is 1. The van der Waals surface area contributed by atoms with Crippen LogP contribution in [-0.2, 0) is 14.3 Å². The van der Waals surface area contributed by atoms with Crippen LogP contribution >= 0.6 is 0 Å². The Balaban J connectivity index is 2.15. The maximum Gasteiger partial charge on any atom is 0.307 e. The summed E-state index contributed by atoms with van der Waals surface area (Å²) < 4.78 is 9.99. The molecule has 0 amide bonds. The Bertz CT molecular complexity index is 198. The Morgan fingerprint density at radius 3 is 2.79 bits per heavy atom. The lowest BCUT2D eigenvalue weighted by Gasteiger charge is -2.14. The molecule has 0 spiro atoms. The highest BCUT2D eigenvalue weighted by atomic mass is 16.5. The highest BCUT2D eigenvalue weighted by Crippen LogP contribution is 2.09. The van der Waals surface area contributed by atoms with Crippen LogP contribution in [0.4, 0.5) is 0 Å². The van der Waals surface area contributed by atoms with Gasteiger partial charge >= 0.3 is 5.97 Å². The standard InChI is InChI=1S/C9H18N2O3/c1-11-5-7(10)8(6-11)14-4-3-9(12)13-2/h7-8H,3-6,10H2,1-2H3. The number of hydrogen-bond donors (Lipinski definition) is 1. The number of carbonyl (C=O) groups is 1. The average molecular weight is 202 g/mol. The first kappa shape index (κ1) is 11.4. The number of esters is 1. The second kappa shape index (κ2) is 5.29. The van der Waals surface area contributed by atoms with E-state index >= 15 is 0 Å². The summed E-state index contributed by atoms with van der Waals surface area (Å²) in [4.78, 5) is 12.9. The fourth-order valence-corrected chi connectivity index (χ4v) is 1.57. The molecule has 0 aromatic rings. The smallest absolute Gasteiger partial charge is 0.307 e. The Labute approximate surface area is 84.1 Å². The molecule has 1 aliphatic heterocycles. The van der Waals surface area contributed by atoms with Gasteiger partial charge in [0.15, 0.2) is 0 Å². The largest absolute Gasteiger partial charge is 0.469 e.